The Hall–Kier alpha value is 1.54. The SMILES string of the molecule is [CH2-]C.[CH2-]C(Cl)(Cl)Cl.[NH2-].[Ti+3]. The Labute approximate surface area is 86.9 Å². The number of hydrogen-bond acceptors (Lipinski definition) is 0. The maximum Gasteiger partial charge on any atom is 3.00 e. The molecule has 0 spiro atoms. The molecule has 0 rings (SSSR count). The van der Waals surface area contributed by atoms with Crippen molar-refractivity contribution < 1.29 is 21.7 Å². The predicted molar refractivity (Wildman–Crippen MR) is 42.0 cm³/mol. The molecule has 0 atom stereocenters. The van der Waals surface area contributed by atoms with Crippen LogP contribution in [0.2, 0.25) is 0 Å². The van der Waals surface area contributed by atoms with Crippen LogP contribution in [-0.4, -0.2) is 3.79 Å². The van der Waals surface area contributed by atoms with E-state index in [1.807, 2.05) is 0 Å². The molecule has 0 unspecified atom stereocenters. The van der Waals surface area contributed by atoms with Crippen molar-refractivity contribution in [3.63, 3.8) is 0 Å². The van der Waals surface area contributed by atoms with Crippen LogP contribution in [0.4, 0.5) is 0 Å². The fraction of sp³-hybridized carbons (Fsp3) is 0.500. The van der Waals surface area contributed by atoms with Crippen LogP contribution in [0.3, 0.4) is 0 Å². The molecule has 1 nitrogen and oxygen atoms in total. The molecule has 9 heavy (non-hydrogen) atoms. The van der Waals surface area contributed by atoms with Crippen molar-refractivity contribution in [2.24, 2.45) is 0 Å². The predicted octanol–water partition coefficient (Wildman–Crippen LogP) is 3.75. The van der Waals surface area contributed by atoms with E-state index in [4.69, 9.17) is 34.8 Å². The summed E-state index contributed by atoms with van der Waals surface area (Å²) in [6.07, 6.45) is 0. The Bertz CT molecular complexity index is 31.3. The molecule has 5 heteroatoms. The molecule has 55 valence electrons. The van der Waals surface area contributed by atoms with Gasteiger partial charge in [0.05, 0.1) is 3.79 Å². The Kier molecular flexibility index (Phi) is 30.5. The minimum Gasteiger partial charge on any atom is -0.693 e. The summed E-state index contributed by atoms with van der Waals surface area (Å²) < 4.78 is -1.33. The first kappa shape index (κ1) is 22.4. The van der Waals surface area contributed by atoms with Crippen LogP contribution in [0.1, 0.15) is 6.92 Å². The van der Waals surface area contributed by atoms with Gasteiger partial charge in [-0.2, -0.15) is 6.92 Å². The van der Waals surface area contributed by atoms with E-state index in [-0.39, 0.29) is 27.9 Å². The zero-order chi connectivity index (χ0) is 6.50. The molecule has 1 radical (unpaired) electrons. The molecule has 0 aromatic carbocycles. The molecule has 0 aliphatic rings. The quantitative estimate of drug-likeness (QED) is 0.342. The van der Waals surface area contributed by atoms with E-state index in [2.05, 4.69) is 13.8 Å². The summed E-state index contributed by atoms with van der Waals surface area (Å²) in [5, 5.41) is 0. The molecular formula is C4H9Cl3NTi. The smallest absolute Gasteiger partial charge is 0.693 e. The third-order valence-electron chi connectivity index (χ3n) is 0. The summed E-state index contributed by atoms with van der Waals surface area (Å²) in [5.41, 5.74) is 0. The van der Waals surface area contributed by atoms with Crippen LogP contribution in [0.25, 0.3) is 6.15 Å². The zero-order valence-corrected chi connectivity index (χ0v) is 8.95. The molecule has 0 aliphatic carbocycles. The van der Waals surface area contributed by atoms with Gasteiger partial charge in [-0.3, -0.25) is 6.92 Å². The summed E-state index contributed by atoms with van der Waals surface area (Å²) in [5.74, 6) is 0. The van der Waals surface area contributed by atoms with Gasteiger partial charge in [0.15, 0.2) is 0 Å². The van der Waals surface area contributed by atoms with Crippen molar-refractivity contribution >= 4 is 34.8 Å². The van der Waals surface area contributed by atoms with Crippen molar-refractivity contribution in [1.82, 2.24) is 0 Å². The van der Waals surface area contributed by atoms with E-state index in [0.717, 1.165) is 0 Å². The van der Waals surface area contributed by atoms with Crippen molar-refractivity contribution in [2.45, 2.75) is 10.7 Å². The van der Waals surface area contributed by atoms with Gasteiger partial charge in [0.1, 0.15) is 0 Å². The van der Waals surface area contributed by atoms with Crippen molar-refractivity contribution in [2.75, 3.05) is 0 Å². The van der Waals surface area contributed by atoms with E-state index in [0.29, 0.717) is 0 Å². The first-order valence-corrected chi connectivity index (χ1v) is 2.76. The Morgan fingerprint density at radius 3 is 1.11 bits per heavy atom. The van der Waals surface area contributed by atoms with Crippen LogP contribution in [-0.2, 0) is 21.7 Å². The summed E-state index contributed by atoms with van der Waals surface area (Å²) in [6, 6.07) is 0. The minimum absolute atomic E-state index is 0. The van der Waals surface area contributed by atoms with E-state index in [1.165, 1.54) is 0 Å². The van der Waals surface area contributed by atoms with Gasteiger partial charge in [-0.05, 0) is 0 Å². The maximum atomic E-state index is 4.95. The van der Waals surface area contributed by atoms with E-state index >= 15 is 0 Å². The second kappa shape index (κ2) is 12.2. The number of rotatable bonds is 0. The monoisotopic (exact) mass is 224 g/mol. The number of nitrogens with two attached hydrogens (primary N) is 1. The van der Waals surface area contributed by atoms with Crippen LogP contribution in [0.15, 0.2) is 0 Å². The third kappa shape index (κ3) is 228. The first-order valence-electron chi connectivity index (χ1n) is 1.63. The van der Waals surface area contributed by atoms with Gasteiger partial charge in [-0.25, -0.2) is 0 Å². The molecule has 0 fully saturated rings. The fourth-order valence-corrected chi connectivity index (χ4v) is 0. The summed E-state index contributed by atoms with van der Waals surface area (Å²) in [6.45, 7) is 8.07. The Balaban J connectivity index is -0.0000000286. The summed E-state index contributed by atoms with van der Waals surface area (Å²) in [4.78, 5) is 0. The molecule has 0 amide bonds. The number of hydrogen-bond donors (Lipinski definition) is 0. The molecule has 0 saturated heterocycles. The fourth-order valence-electron chi connectivity index (χ4n) is 0. The van der Waals surface area contributed by atoms with E-state index in [9.17, 15) is 0 Å². The normalized spacial score (nSPS) is 7.33. The molecule has 0 aromatic heterocycles. The molecular weight excluding hydrogens is 216 g/mol. The van der Waals surface area contributed by atoms with Crippen LogP contribution >= 0.6 is 34.8 Å². The van der Waals surface area contributed by atoms with Gasteiger partial charge in [0.25, 0.3) is 0 Å². The average Bonchev–Trinajstić information content (AvgIpc) is 1.36. The third-order valence-corrected chi connectivity index (χ3v) is 0. The summed E-state index contributed by atoms with van der Waals surface area (Å²) in [7, 11) is 0. The minimum atomic E-state index is -1.33. The van der Waals surface area contributed by atoms with Gasteiger partial charge in [0.2, 0.25) is 0 Å². The number of halogens is 3. The Morgan fingerprint density at radius 2 is 1.11 bits per heavy atom. The average molecular weight is 225 g/mol. The van der Waals surface area contributed by atoms with Crippen LogP contribution in [0, 0.1) is 13.8 Å². The molecule has 0 saturated carbocycles. The van der Waals surface area contributed by atoms with Gasteiger partial charge >= 0.3 is 21.7 Å². The van der Waals surface area contributed by atoms with Gasteiger partial charge in [0, 0.05) is 0 Å². The largest absolute Gasteiger partial charge is 3.00 e. The maximum absolute atomic E-state index is 4.95. The Morgan fingerprint density at radius 1 is 1.11 bits per heavy atom. The topological polar surface area (TPSA) is 33.5 Å². The van der Waals surface area contributed by atoms with Gasteiger partial charge in [-0.15, -0.1) is 34.8 Å². The summed E-state index contributed by atoms with van der Waals surface area (Å²) >= 11 is 14.8. The van der Waals surface area contributed by atoms with Crippen molar-refractivity contribution in [3.8, 4) is 0 Å². The van der Waals surface area contributed by atoms with E-state index < -0.39 is 3.79 Å². The van der Waals surface area contributed by atoms with Crippen LogP contribution < -0.4 is 0 Å². The molecule has 0 aromatic rings. The van der Waals surface area contributed by atoms with Crippen molar-refractivity contribution in [1.29, 1.82) is 0 Å². The second-order valence-electron chi connectivity index (χ2n) is 0.615. The molecule has 0 heterocycles. The van der Waals surface area contributed by atoms with E-state index in [1.54, 1.807) is 6.92 Å². The molecule has 2 N–H and O–H groups in total. The molecule has 0 aliphatic heterocycles. The zero-order valence-electron chi connectivity index (χ0n) is 5.13. The molecule has 0 bridgehead atoms. The number of alkyl halides is 3. The standard InChI is InChI=1S/C2H2Cl3.C2H5.H2N.Ti/c1-2(3,4)5;1-2;;/h1H2;1H2,2H3;1H2;/q3*-1;+3. The first-order chi connectivity index (χ1) is 3.00. The van der Waals surface area contributed by atoms with Crippen LogP contribution in [0.5, 0.6) is 0 Å². The van der Waals surface area contributed by atoms with Crippen molar-refractivity contribution in [3.05, 3.63) is 20.0 Å². The second-order valence-corrected chi connectivity index (χ2v) is 3.13. The van der Waals surface area contributed by atoms with Gasteiger partial charge in [-0.1, -0.05) is 0 Å². The van der Waals surface area contributed by atoms with Gasteiger partial charge < -0.3 is 13.1 Å².